The molecule has 0 saturated carbocycles. The van der Waals surface area contributed by atoms with Crippen LogP contribution in [-0.4, -0.2) is 41.3 Å². The smallest absolute Gasteiger partial charge is 0.230 e. The summed E-state index contributed by atoms with van der Waals surface area (Å²) >= 11 is 0. The molecule has 90 valence electrons. The lowest BCUT2D eigenvalue weighted by molar-refractivity contribution is 0.217. The van der Waals surface area contributed by atoms with E-state index in [4.69, 9.17) is 4.42 Å². The number of likely N-dealkylation sites (N-methyl/N-ethyl adjacent to an activating group) is 1. The third-order valence-corrected chi connectivity index (χ3v) is 3.09. The standard InChI is InChI=1S/C11H20N4O/c1-3-10-13-14-11(16-10)8-15-6-4-5-9(15)7-12-2/h9,12H,3-8H2,1-2H3. The first-order valence-corrected chi connectivity index (χ1v) is 6.03. The van der Waals surface area contributed by atoms with Crippen LogP contribution in [0.15, 0.2) is 4.42 Å². The lowest BCUT2D eigenvalue weighted by Crippen LogP contribution is -2.36. The Hall–Kier alpha value is -0.940. The number of aromatic nitrogens is 2. The quantitative estimate of drug-likeness (QED) is 0.802. The molecule has 1 aromatic rings. The van der Waals surface area contributed by atoms with Crippen molar-refractivity contribution in [1.82, 2.24) is 20.4 Å². The van der Waals surface area contributed by atoms with Gasteiger partial charge in [-0.05, 0) is 26.4 Å². The lowest BCUT2D eigenvalue weighted by atomic mass is 10.2. The Morgan fingerprint density at radius 3 is 2.94 bits per heavy atom. The lowest BCUT2D eigenvalue weighted by Gasteiger charge is -2.22. The van der Waals surface area contributed by atoms with Crippen LogP contribution < -0.4 is 5.32 Å². The molecule has 2 heterocycles. The van der Waals surface area contributed by atoms with Gasteiger partial charge in [-0.15, -0.1) is 10.2 Å². The van der Waals surface area contributed by atoms with Gasteiger partial charge in [0, 0.05) is 19.0 Å². The summed E-state index contributed by atoms with van der Waals surface area (Å²) in [5, 5.41) is 11.3. The molecule has 1 aromatic heterocycles. The zero-order chi connectivity index (χ0) is 11.4. The van der Waals surface area contributed by atoms with Crippen LogP contribution in [0.25, 0.3) is 0 Å². The molecule has 1 fully saturated rings. The van der Waals surface area contributed by atoms with Crippen LogP contribution >= 0.6 is 0 Å². The molecule has 1 N–H and O–H groups in total. The van der Waals surface area contributed by atoms with Crippen LogP contribution in [0.3, 0.4) is 0 Å². The molecule has 1 saturated heterocycles. The highest BCUT2D eigenvalue weighted by atomic mass is 16.4. The van der Waals surface area contributed by atoms with Crippen LogP contribution in [0.1, 0.15) is 31.5 Å². The zero-order valence-electron chi connectivity index (χ0n) is 10.1. The van der Waals surface area contributed by atoms with Gasteiger partial charge in [-0.25, -0.2) is 0 Å². The van der Waals surface area contributed by atoms with E-state index < -0.39 is 0 Å². The van der Waals surface area contributed by atoms with Crippen molar-refractivity contribution in [3.8, 4) is 0 Å². The summed E-state index contributed by atoms with van der Waals surface area (Å²) in [6.45, 7) is 4.99. The molecule has 0 aliphatic carbocycles. The maximum atomic E-state index is 5.54. The minimum Gasteiger partial charge on any atom is -0.424 e. The molecular weight excluding hydrogens is 204 g/mol. The SMILES string of the molecule is CCc1nnc(CN2CCCC2CNC)o1. The van der Waals surface area contributed by atoms with Crippen LogP contribution in [0.2, 0.25) is 0 Å². The fourth-order valence-corrected chi connectivity index (χ4v) is 2.24. The van der Waals surface area contributed by atoms with E-state index in [1.54, 1.807) is 0 Å². The number of rotatable bonds is 5. The Kier molecular flexibility index (Phi) is 3.90. The molecule has 0 radical (unpaired) electrons. The van der Waals surface area contributed by atoms with E-state index >= 15 is 0 Å². The fourth-order valence-electron chi connectivity index (χ4n) is 2.24. The topological polar surface area (TPSA) is 54.2 Å². The van der Waals surface area contributed by atoms with Crippen molar-refractivity contribution in [2.75, 3.05) is 20.1 Å². The number of likely N-dealkylation sites (tertiary alicyclic amines) is 1. The van der Waals surface area contributed by atoms with Gasteiger partial charge in [0.2, 0.25) is 11.8 Å². The van der Waals surface area contributed by atoms with E-state index in [-0.39, 0.29) is 0 Å². The summed E-state index contributed by atoms with van der Waals surface area (Å²) in [5.41, 5.74) is 0. The van der Waals surface area contributed by atoms with Crippen LogP contribution in [0.4, 0.5) is 0 Å². The monoisotopic (exact) mass is 224 g/mol. The van der Waals surface area contributed by atoms with Gasteiger partial charge >= 0.3 is 0 Å². The third-order valence-electron chi connectivity index (χ3n) is 3.09. The number of hydrogen-bond acceptors (Lipinski definition) is 5. The number of nitrogens with zero attached hydrogens (tertiary/aromatic N) is 3. The summed E-state index contributed by atoms with van der Waals surface area (Å²) in [6, 6.07) is 0.613. The fraction of sp³-hybridized carbons (Fsp3) is 0.818. The molecule has 0 bridgehead atoms. The minimum absolute atomic E-state index is 0.613. The molecule has 0 spiro atoms. The molecule has 1 atom stereocenters. The zero-order valence-corrected chi connectivity index (χ0v) is 10.1. The van der Waals surface area contributed by atoms with Gasteiger partial charge in [0.1, 0.15) is 0 Å². The van der Waals surface area contributed by atoms with Gasteiger partial charge in [-0.1, -0.05) is 6.92 Å². The molecular formula is C11H20N4O. The van der Waals surface area contributed by atoms with E-state index in [2.05, 4.69) is 20.4 Å². The van der Waals surface area contributed by atoms with Gasteiger partial charge in [-0.3, -0.25) is 4.90 Å². The highest BCUT2D eigenvalue weighted by Crippen LogP contribution is 2.19. The molecule has 2 rings (SSSR count). The highest BCUT2D eigenvalue weighted by Gasteiger charge is 2.25. The van der Waals surface area contributed by atoms with Crippen LogP contribution in [0.5, 0.6) is 0 Å². The molecule has 1 unspecified atom stereocenters. The van der Waals surface area contributed by atoms with Crippen LogP contribution in [-0.2, 0) is 13.0 Å². The van der Waals surface area contributed by atoms with Gasteiger partial charge in [0.15, 0.2) is 0 Å². The second-order valence-electron chi connectivity index (χ2n) is 4.27. The molecule has 5 nitrogen and oxygen atoms in total. The molecule has 0 amide bonds. The highest BCUT2D eigenvalue weighted by molar-refractivity contribution is 4.86. The summed E-state index contributed by atoms with van der Waals surface area (Å²) in [4.78, 5) is 2.42. The van der Waals surface area contributed by atoms with Crippen molar-refractivity contribution in [3.05, 3.63) is 11.8 Å². The normalized spacial score (nSPS) is 21.8. The first-order valence-electron chi connectivity index (χ1n) is 6.03. The van der Waals surface area contributed by atoms with Crippen molar-refractivity contribution in [2.24, 2.45) is 0 Å². The van der Waals surface area contributed by atoms with E-state index in [1.807, 2.05) is 14.0 Å². The van der Waals surface area contributed by atoms with Gasteiger partial charge in [0.05, 0.1) is 6.54 Å². The van der Waals surface area contributed by atoms with Gasteiger partial charge in [0.25, 0.3) is 0 Å². The Morgan fingerprint density at radius 1 is 1.44 bits per heavy atom. The first-order chi connectivity index (χ1) is 7.83. The Labute approximate surface area is 96.2 Å². The van der Waals surface area contributed by atoms with E-state index in [1.165, 1.54) is 12.8 Å². The molecule has 1 aliphatic rings. The first kappa shape index (κ1) is 11.5. The summed E-state index contributed by atoms with van der Waals surface area (Å²) < 4.78 is 5.54. The summed E-state index contributed by atoms with van der Waals surface area (Å²) in [6.07, 6.45) is 3.34. The Balaban J connectivity index is 1.92. The predicted molar refractivity (Wildman–Crippen MR) is 61.0 cm³/mol. The largest absolute Gasteiger partial charge is 0.424 e. The van der Waals surface area contributed by atoms with E-state index in [0.717, 1.165) is 37.8 Å². The van der Waals surface area contributed by atoms with E-state index in [0.29, 0.717) is 6.04 Å². The number of aryl methyl sites for hydroxylation is 1. The molecule has 16 heavy (non-hydrogen) atoms. The van der Waals surface area contributed by atoms with Gasteiger partial charge < -0.3 is 9.73 Å². The van der Waals surface area contributed by atoms with E-state index in [9.17, 15) is 0 Å². The summed E-state index contributed by atoms with van der Waals surface area (Å²) in [5.74, 6) is 1.49. The second-order valence-corrected chi connectivity index (χ2v) is 4.27. The predicted octanol–water partition coefficient (Wildman–Crippen LogP) is 0.816. The van der Waals surface area contributed by atoms with Crippen molar-refractivity contribution >= 4 is 0 Å². The van der Waals surface area contributed by atoms with Gasteiger partial charge in [-0.2, -0.15) is 0 Å². The Bertz CT molecular complexity index is 326. The Morgan fingerprint density at radius 2 is 2.25 bits per heavy atom. The average Bonchev–Trinajstić information content (AvgIpc) is 2.90. The average molecular weight is 224 g/mol. The van der Waals surface area contributed by atoms with Crippen molar-refractivity contribution < 1.29 is 4.42 Å². The van der Waals surface area contributed by atoms with Crippen molar-refractivity contribution in [3.63, 3.8) is 0 Å². The van der Waals surface area contributed by atoms with Crippen LogP contribution in [0, 0.1) is 0 Å². The van der Waals surface area contributed by atoms with Crippen molar-refractivity contribution in [1.29, 1.82) is 0 Å². The summed E-state index contributed by atoms with van der Waals surface area (Å²) in [7, 11) is 2.00. The molecule has 1 aliphatic heterocycles. The number of nitrogens with one attached hydrogen (secondary N) is 1. The maximum Gasteiger partial charge on any atom is 0.230 e. The second kappa shape index (κ2) is 5.41. The third kappa shape index (κ3) is 2.59. The molecule has 0 aromatic carbocycles. The van der Waals surface area contributed by atoms with Crippen molar-refractivity contribution in [2.45, 2.75) is 38.8 Å². The molecule has 5 heteroatoms. The maximum absolute atomic E-state index is 5.54. The minimum atomic E-state index is 0.613. The number of hydrogen-bond donors (Lipinski definition) is 1.